The first-order valence-corrected chi connectivity index (χ1v) is 14.1. The minimum atomic E-state index is -0.386. The van der Waals surface area contributed by atoms with Crippen molar-refractivity contribution >= 4 is 29.1 Å². The van der Waals surface area contributed by atoms with Crippen LogP contribution in [0.2, 0.25) is 5.02 Å². The number of methoxy groups -OCH3 is 1. The van der Waals surface area contributed by atoms with Gasteiger partial charge in [0.2, 0.25) is 11.8 Å². The van der Waals surface area contributed by atoms with E-state index in [1.807, 2.05) is 84.3 Å². The van der Waals surface area contributed by atoms with Gasteiger partial charge in [0.15, 0.2) is 11.5 Å². The number of morpholine rings is 1. The van der Waals surface area contributed by atoms with E-state index in [9.17, 15) is 9.59 Å². The Bertz CT molecular complexity index is 1380. The van der Waals surface area contributed by atoms with Crippen molar-refractivity contribution in [3.05, 3.63) is 87.9 Å². The highest BCUT2D eigenvalue weighted by Crippen LogP contribution is 2.44. The summed E-state index contributed by atoms with van der Waals surface area (Å²) in [7, 11) is 1.62. The predicted octanol–water partition coefficient (Wildman–Crippen LogP) is 6.12. The summed E-state index contributed by atoms with van der Waals surface area (Å²) < 4.78 is 17.2. The largest absolute Gasteiger partial charge is 0.493 e. The number of halogens is 1. The van der Waals surface area contributed by atoms with Crippen LogP contribution in [0, 0.1) is 0 Å². The number of fused-ring (bicyclic) bond motifs is 1. The van der Waals surface area contributed by atoms with Gasteiger partial charge in [0.05, 0.1) is 38.3 Å². The van der Waals surface area contributed by atoms with Gasteiger partial charge in [-0.15, -0.1) is 0 Å². The van der Waals surface area contributed by atoms with Crippen molar-refractivity contribution in [3.63, 3.8) is 0 Å². The maximum atomic E-state index is 13.8. The molecule has 2 aliphatic heterocycles. The maximum absolute atomic E-state index is 13.8. The zero-order valence-electron chi connectivity index (χ0n) is 23.4. The molecule has 0 spiro atoms. The SMILES string of the molecule is CC[C@@H](C)Oc1cc2c(cc1OC)CC(=O)N(c1ccc(C(C)N3CCOCC3=O)cc1)C2c1ccc(Cl)cc1. The van der Waals surface area contributed by atoms with Crippen LogP contribution in [-0.2, 0) is 20.7 Å². The Morgan fingerprint density at radius 1 is 1.00 bits per heavy atom. The molecule has 40 heavy (non-hydrogen) atoms. The van der Waals surface area contributed by atoms with Crippen LogP contribution in [0.5, 0.6) is 11.5 Å². The van der Waals surface area contributed by atoms with Crippen molar-refractivity contribution in [1.82, 2.24) is 4.90 Å². The number of hydrogen-bond donors (Lipinski definition) is 0. The lowest BCUT2D eigenvalue weighted by molar-refractivity contribution is -0.145. The maximum Gasteiger partial charge on any atom is 0.249 e. The Labute approximate surface area is 240 Å². The van der Waals surface area contributed by atoms with Crippen molar-refractivity contribution in [3.8, 4) is 11.5 Å². The van der Waals surface area contributed by atoms with E-state index in [2.05, 4.69) is 6.92 Å². The molecule has 2 aliphatic rings. The molecule has 2 amide bonds. The minimum absolute atomic E-state index is 0.00939. The average Bonchev–Trinajstić information content (AvgIpc) is 2.97. The van der Waals surface area contributed by atoms with Crippen LogP contribution in [0.1, 0.15) is 61.5 Å². The van der Waals surface area contributed by atoms with Crippen LogP contribution in [0.3, 0.4) is 0 Å². The second kappa shape index (κ2) is 11.9. The van der Waals surface area contributed by atoms with Gasteiger partial charge in [-0.3, -0.25) is 9.59 Å². The van der Waals surface area contributed by atoms with E-state index < -0.39 is 0 Å². The van der Waals surface area contributed by atoms with Crippen molar-refractivity contribution < 1.29 is 23.8 Å². The highest BCUT2D eigenvalue weighted by molar-refractivity contribution is 6.30. The number of anilines is 1. The monoisotopic (exact) mass is 562 g/mol. The van der Waals surface area contributed by atoms with Gasteiger partial charge in [-0.2, -0.15) is 0 Å². The molecule has 7 nitrogen and oxygen atoms in total. The van der Waals surface area contributed by atoms with Crippen LogP contribution in [-0.4, -0.2) is 49.7 Å². The van der Waals surface area contributed by atoms with Gasteiger partial charge in [-0.05, 0) is 78.9 Å². The second-order valence-corrected chi connectivity index (χ2v) is 10.8. The number of benzene rings is 3. The topological polar surface area (TPSA) is 68.3 Å². The second-order valence-electron chi connectivity index (χ2n) is 10.3. The number of rotatable bonds is 8. The summed E-state index contributed by atoms with van der Waals surface area (Å²) >= 11 is 6.24. The normalized spacial score (nSPS) is 18.8. The third kappa shape index (κ3) is 5.54. The van der Waals surface area contributed by atoms with Crippen molar-refractivity contribution in [2.75, 3.05) is 31.8 Å². The Hall–Kier alpha value is -3.55. The van der Waals surface area contributed by atoms with E-state index >= 15 is 0 Å². The Kier molecular flexibility index (Phi) is 8.33. The molecular weight excluding hydrogens is 528 g/mol. The zero-order chi connectivity index (χ0) is 28.4. The molecule has 3 atom stereocenters. The van der Waals surface area contributed by atoms with Crippen molar-refractivity contribution in [1.29, 1.82) is 0 Å². The van der Waals surface area contributed by atoms with E-state index in [0.29, 0.717) is 29.7 Å². The van der Waals surface area contributed by atoms with Gasteiger partial charge in [-0.1, -0.05) is 42.8 Å². The van der Waals surface area contributed by atoms with Crippen LogP contribution in [0.4, 0.5) is 5.69 Å². The highest BCUT2D eigenvalue weighted by atomic mass is 35.5. The first-order valence-electron chi connectivity index (χ1n) is 13.7. The number of hydrogen-bond acceptors (Lipinski definition) is 5. The van der Waals surface area contributed by atoms with Gasteiger partial charge >= 0.3 is 0 Å². The summed E-state index contributed by atoms with van der Waals surface area (Å²) in [5.41, 5.74) is 4.61. The summed E-state index contributed by atoms with van der Waals surface area (Å²) in [5, 5.41) is 0.629. The van der Waals surface area contributed by atoms with Gasteiger partial charge < -0.3 is 24.0 Å². The van der Waals surface area contributed by atoms with Gasteiger partial charge in [-0.25, -0.2) is 0 Å². The van der Waals surface area contributed by atoms with Crippen LogP contribution < -0.4 is 14.4 Å². The van der Waals surface area contributed by atoms with E-state index in [1.165, 1.54) is 0 Å². The molecular formula is C32H35ClN2O5. The van der Waals surface area contributed by atoms with Gasteiger partial charge in [0.25, 0.3) is 0 Å². The third-order valence-corrected chi connectivity index (χ3v) is 8.07. The van der Waals surface area contributed by atoms with Crippen LogP contribution in [0.15, 0.2) is 60.7 Å². The Balaban J connectivity index is 1.56. The molecule has 1 saturated heterocycles. The molecule has 0 N–H and O–H groups in total. The lowest BCUT2D eigenvalue weighted by Gasteiger charge is -2.38. The van der Waals surface area contributed by atoms with Gasteiger partial charge in [0, 0.05) is 17.3 Å². The molecule has 0 aromatic heterocycles. The average molecular weight is 563 g/mol. The summed E-state index contributed by atoms with van der Waals surface area (Å²) in [4.78, 5) is 29.9. The molecule has 0 aliphatic carbocycles. The molecule has 8 heteroatoms. The number of ether oxygens (including phenoxy) is 3. The van der Waals surface area contributed by atoms with Crippen LogP contribution in [0.25, 0.3) is 0 Å². The fourth-order valence-corrected chi connectivity index (χ4v) is 5.53. The van der Waals surface area contributed by atoms with Crippen molar-refractivity contribution in [2.24, 2.45) is 0 Å². The predicted molar refractivity (Wildman–Crippen MR) is 155 cm³/mol. The lowest BCUT2D eigenvalue weighted by atomic mass is 9.86. The van der Waals surface area contributed by atoms with E-state index in [0.717, 1.165) is 34.4 Å². The first-order chi connectivity index (χ1) is 19.3. The molecule has 0 bridgehead atoms. The highest BCUT2D eigenvalue weighted by Gasteiger charge is 2.36. The van der Waals surface area contributed by atoms with Crippen LogP contribution >= 0.6 is 11.6 Å². The minimum Gasteiger partial charge on any atom is -0.493 e. The Morgan fingerprint density at radius 3 is 2.38 bits per heavy atom. The zero-order valence-corrected chi connectivity index (χ0v) is 24.1. The molecule has 210 valence electrons. The standard InChI is InChI=1S/C32H35ClN2O5/c1-5-20(2)40-29-18-27-24(16-28(29)38-4)17-30(36)35(32(27)23-6-10-25(33)11-7-23)26-12-8-22(9-13-26)21(3)34-14-15-39-19-31(34)37/h6-13,16,18,20-21,32H,5,14-15,17,19H2,1-4H3/t20-,21?,32?/m1/s1. The molecule has 5 rings (SSSR count). The van der Waals surface area contributed by atoms with E-state index in [1.54, 1.807) is 7.11 Å². The fraction of sp³-hybridized carbons (Fsp3) is 0.375. The van der Waals surface area contributed by atoms with E-state index in [4.69, 9.17) is 25.8 Å². The smallest absolute Gasteiger partial charge is 0.249 e. The number of carbonyl (C=O) groups excluding carboxylic acids is 2. The van der Waals surface area contributed by atoms with E-state index in [-0.39, 0.29) is 43.0 Å². The molecule has 2 heterocycles. The lowest BCUT2D eigenvalue weighted by Crippen LogP contribution is -2.43. The third-order valence-electron chi connectivity index (χ3n) is 7.82. The molecule has 3 aromatic rings. The summed E-state index contributed by atoms with van der Waals surface area (Å²) in [6, 6.07) is 19.0. The molecule has 1 fully saturated rings. The molecule has 3 aromatic carbocycles. The van der Waals surface area contributed by atoms with Crippen molar-refractivity contribution in [2.45, 2.75) is 51.8 Å². The number of nitrogens with zero attached hydrogens (tertiary/aromatic N) is 2. The fourth-order valence-electron chi connectivity index (χ4n) is 5.41. The summed E-state index contributed by atoms with van der Waals surface area (Å²) in [6.07, 6.45) is 1.10. The quantitative estimate of drug-likeness (QED) is 0.331. The molecule has 2 unspecified atom stereocenters. The van der Waals surface area contributed by atoms with Gasteiger partial charge in [0.1, 0.15) is 6.61 Å². The Morgan fingerprint density at radius 2 is 1.73 bits per heavy atom. The summed E-state index contributed by atoms with van der Waals surface area (Å²) in [5.74, 6) is 1.24. The summed E-state index contributed by atoms with van der Waals surface area (Å²) in [6.45, 7) is 7.33. The molecule has 0 saturated carbocycles. The molecule has 0 radical (unpaired) electrons. The number of amides is 2. The number of carbonyl (C=O) groups is 2. The first kappa shape index (κ1) is 28.0.